The molecular weight excluding hydrogens is 452 g/mol. The second-order valence-electron chi connectivity index (χ2n) is 9.32. The van der Waals surface area contributed by atoms with Crippen LogP contribution in [-0.2, 0) is 25.7 Å². The van der Waals surface area contributed by atoms with Crippen molar-refractivity contribution < 1.29 is 24.2 Å². The SMILES string of the molecule is CC[C@@H](CO)N1C(=O)[C@@H]2[C@H]3C(=O)OCCC=C[C@H]3S[C@@]23C=CCN(Cc2ccccc2)C(=O)C13. The van der Waals surface area contributed by atoms with Crippen molar-refractivity contribution in [3.63, 3.8) is 0 Å². The molecule has 0 saturated carbocycles. The van der Waals surface area contributed by atoms with Crippen LogP contribution in [0, 0.1) is 11.8 Å². The molecule has 7 nitrogen and oxygen atoms in total. The van der Waals surface area contributed by atoms with E-state index in [1.54, 1.807) is 9.80 Å². The van der Waals surface area contributed by atoms with Gasteiger partial charge in [0.25, 0.3) is 0 Å². The van der Waals surface area contributed by atoms with Gasteiger partial charge in [0.1, 0.15) is 6.04 Å². The number of fused-ring (bicyclic) bond motifs is 2. The maximum absolute atomic E-state index is 14.1. The van der Waals surface area contributed by atoms with E-state index in [9.17, 15) is 19.5 Å². The largest absolute Gasteiger partial charge is 0.465 e. The summed E-state index contributed by atoms with van der Waals surface area (Å²) in [6.45, 7) is 2.81. The third kappa shape index (κ3) is 3.58. The summed E-state index contributed by atoms with van der Waals surface area (Å²) < 4.78 is 4.61. The van der Waals surface area contributed by atoms with E-state index in [2.05, 4.69) is 0 Å². The van der Waals surface area contributed by atoms with Gasteiger partial charge < -0.3 is 19.6 Å². The molecule has 1 aromatic carbocycles. The predicted molar refractivity (Wildman–Crippen MR) is 129 cm³/mol. The van der Waals surface area contributed by atoms with Crippen LogP contribution in [0.25, 0.3) is 0 Å². The first kappa shape index (κ1) is 23.2. The number of likely N-dealkylation sites (tertiary alicyclic amines) is 1. The highest BCUT2D eigenvalue weighted by Gasteiger charge is 2.71. The number of rotatable bonds is 5. The zero-order valence-electron chi connectivity index (χ0n) is 19.2. The summed E-state index contributed by atoms with van der Waals surface area (Å²) in [4.78, 5) is 44.6. The van der Waals surface area contributed by atoms with Crippen molar-refractivity contribution in [2.75, 3.05) is 19.8 Å². The highest BCUT2D eigenvalue weighted by Crippen LogP contribution is 2.61. The number of aliphatic hydroxyl groups excluding tert-OH is 1. The Labute approximate surface area is 203 Å². The average Bonchev–Trinajstić information content (AvgIpc) is 3.22. The number of esters is 1. The lowest BCUT2D eigenvalue weighted by atomic mass is 9.78. The van der Waals surface area contributed by atoms with Gasteiger partial charge in [-0.2, -0.15) is 0 Å². The first-order valence-electron chi connectivity index (χ1n) is 12.0. The van der Waals surface area contributed by atoms with Crippen LogP contribution in [0.5, 0.6) is 0 Å². The normalized spacial score (nSPS) is 33.5. The van der Waals surface area contributed by atoms with E-state index in [0.717, 1.165) is 5.56 Å². The predicted octanol–water partition coefficient (Wildman–Crippen LogP) is 2.16. The van der Waals surface area contributed by atoms with Crippen LogP contribution >= 0.6 is 11.8 Å². The van der Waals surface area contributed by atoms with E-state index < -0.39 is 28.7 Å². The highest BCUT2D eigenvalue weighted by atomic mass is 32.2. The summed E-state index contributed by atoms with van der Waals surface area (Å²) in [6, 6.07) is 8.50. The van der Waals surface area contributed by atoms with Gasteiger partial charge >= 0.3 is 5.97 Å². The lowest BCUT2D eigenvalue weighted by molar-refractivity contribution is -0.153. The number of hydrogen-bond acceptors (Lipinski definition) is 6. The molecule has 5 rings (SSSR count). The number of aliphatic hydroxyl groups is 1. The minimum atomic E-state index is -0.884. The Morgan fingerprint density at radius 3 is 2.71 bits per heavy atom. The van der Waals surface area contributed by atoms with E-state index in [4.69, 9.17) is 4.74 Å². The minimum Gasteiger partial charge on any atom is -0.465 e. The van der Waals surface area contributed by atoms with Gasteiger partial charge in [-0.25, -0.2) is 0 Å². The molecule has 6 atom stereocenters. The summed E-state index contributed by atoms with van der Waals surface area (Å²) in [5, 5.41) is 9.90. The molecule has 2 amide bonds. The maximum atomic E-state index is 14.1. The number of benzene rings is 1. The second kappa shape index (κ2) is 9.23. The quantitative estimate of drug-likeness (QED) is 0.511. The fourth-order valence-corrected chi connectivity index (χ4v) is 7.83. The molecule has 1 N–H and O–H groups in total. The lowest BCUT2D eigenvalue weighted by Crippen LogP contribution is -2.56. The lowest BCUT2D eigenvalue weighted by Gasteiger charge is -2.38. The molecule has 1 aromatic rings. The van der Waals surface area contributed by atoms with Crippen LogP contribution in [0.15, 0.2) is 54.6 Å². The molecule has 2 saturated heterocycles. The molecule has 0 radical (unpaired) electrons. The van der Waals surface area contributed by atoms with Crippen LogP contribution < -0.4 is 0 Å². The number of nitrogens with zero attached hydrogens (tertiary/aromatic N) is 2. The Morgan fingerprint density at radius 1 is 1.18 bits per heavy atom. The van der Waals surface area contributed by atoms with Crippen LogP contribution in [0.4, 0.5) is 0 Å². The Kier molecular flexibility index (Phi) is 6.29. The first-order chi connectivity index (χ1) is 16.5. The Hall–Kier alpha value is -2.58. The van der Waals surface area contributed by atoms with Gasteiger partial charge in [-0.15, -0.1) is 11.8 Å². The fourth-order valence-electron chi connectivity index (χ4n) is 5.85. The van der Waals surface area contributed by atoms with Gasteiger partial charge in [0.15, 0.2) is 0 Å². The number of hydrogen-bond donors (Lipinski definition) is 1. The number of carbonyl (C=O) groups is 3. The number of carbonyl (C=O) groups excluding carboxylic acids is 3. The van der Waals surface area contributed by atoms with Gasteiger partial charge in [-0.3, -0.25) is 14.4 Å². The molecule has 180 valence electrons. The maximum Gasteiger partial charge on any atom is 0.311 e. The summed E-state index contributed by atoms with van der Waals surface area (Å²) in [5.74, 6) is -2.12. The monoisotopic (exact) mass is 482 g/mol. The average molecular weight is 483 g/mol. The van der Waals surface area contributed by atoms with Crippen LogP contribution in [0.1, 0.15) is 25.3 Å². The van der Waals surface area contributed by atoms with Crippen LogP contribution in [0.3, 0.4) is 0 Å². The molecule has 1 unspecified atom stereocenters. The van der Waals surface area contributed by atoms with E-state index in [0.29, 0.717) is 25.9 Å². The van der Waals surface area contributed by atoms with Crippen molar-refractivity contribution >= 4 is 29.5 Å². The van der Waals surface area contributed by atoms with Crippen molar-refractivity contribution in [2.24, 2.45) is 11.8 Å². The molecule has 2 fully saturated rings. The Morgan fingerprint density at radius 2 is 1.97 bits per heavy atom. The Balaban J connectivity index is 1.59. The molecule has 0 bridgehead atoms. The summed E-state index contributed by atoms with van der Waals surface area (Å²) in [6.07, 6.45) is 9.11. The topological polar surface area (TPSA) is 87.2 Å². The molecule has 0 aromatic heterocycles. The smallest absolute Gasteiger partial charge is 0.311 e. The first-order valence-corrected chi connectivity index (χ1v) is 12.8. The van der Waals surface area contributed by atoms with Gasteiger partial charge in [0, 0.05) is 18.3 Å². The Bertz CT molecular complexity index is 1020. The number of amides is 2. The molecule has 4 aliphatic heterocycles. The van der Waals surface area contributed by atoms with E-state index in [1.165, 1.54) is 11.8 Å². The summed E-state index contributed by atoms with van der Waals surface area (Å²) in [5.41, 5.74) is 1.01. The highest BCUT2D eigenvalue weighted by molar-refractivity contribution is 8.02. The third-order valence-corrected chi connectivity index (χ3v) is 9.18. The van der Waals surface area contributed by atoms with Crippen molar-refractivity contribution in [2.45, 2.75) is 48.4 Å². The van der Waals surface area contributed by atoms with Crippen molar-refractivity contribution in [3.05, 3.63) is 60.2 Å². The number of thioether (sulfide) groups is 1. The summed E-state index contributed by atoms with van der Waals surface area (Å²) >= 11 is 1.53. The van der Waals surface area contributed by atoms with Gasteiger partial charge in [-0.05, 0) is 18.4 Å². The van der Waals surface area contributed by atoms with E-state index in [-0.39, 0.29) is 36.2 Å². The number of cyclic esters (lactones) is 1. The second-order valence-corrected chi connectivity index (χ2v) is 10.8. The molecule has 4 heterocycles. The standard InChI is InChI=1S/C26H30N2O5S/c1-2-18(16-29)28-22-24(31)27(15-17-9-4-3-5-10-17)13-8-12-26(22)21(23(28)30)20-19(34-26)11-6-7-14-33-25(20)32/h3-6,8-12,18-22,29H,2,7,13-16H2,1H3/t18-,19+,20-,21-,22?,26-/m0/s1. The molecule has 0 aliphatic carbocycles. The fraction of sp³-hybridized carbons (Fsp3) is 0.500. The molecular formula is C26H30N2O5S. The summed E-state index contributed by atoms with van der Waals surface area (Å²) in [7, 11) is 0. The molecule has 4 aliphatic rings. The van der Waals surface area contributed by atoms with E-state index in [1.807, 2.05) is 61.6 Å². The third-order valence-electron chi connectivity index (χ3n) is 7.43. The van der Waals surface area contributed by atoms with Gasteiger partial charge in [0.2, 0.25) is 11.8 Å². The number of ether oxygens (including phenoxy) is 1. The zero-order valence-corrected chi connectivity index (χ0v) is 20.0. The van der Waals surface area contributed by atoms with Crippen molar-refractivity contribution in [1.82, 2.24) is 9.80 Å². The van der Waals surface area contributed by atoms with E-state index >= 15 is 0 Å². The minimum absolute atomic E-state index is 0.143. The van der Waals surface area contributed by atoms with Crippen LogP contribution in [0.2, 0.25) is 0 Å². The van der Waals surface area contributed by atoms with Gasteiger partial charge in [0.05, 0.1) is 35.8 Å². The van der Waals surface area contributed by atoms with Crippen molar-refractivity contribution in [3.8, 4) is 0 Å². The van der Waals surface area contributed by atoms with Crippen molar-refractivity contribution in [1.29, 1.82) is 0 Å². The molecule has 1 spiro atoms. The van der Waals surface area contributed by atoms with Gasteiger partial charge in [-0.1, -0.05) is 61.6 Å². The van der Waals surface area contributed by atoms with Crippen LogP contribution in [-0.4, -0.2) is 74.5 Å². The zero-order chi connectivity index (χ0) is 23.9. The molecule has 34 heavy (non-hydrogen) atoms. The molecule has 8 heteroatoms.